The number of carbonyl (C=O) groups is 1. The summed E-state index contributed by atoms with van der Waals surface area (Å²) in [6.45, 7) is 12.8. The largest absolute Gasteiger partial charge is 0.462 e. The summed E-state index contributed by atoms with van der Waals surface area (Å²) >= 11 is 0. The first-order valence-electron chi connectivity index (χ1n) is 21.6. The fraction of sp³-hybridized carbons (Fsp3) is 0.977. The van der Waals surface area contributed by atoms with E-state index in [1.165, 1.54) is 173 Å². The summed E-state index contributed by atoms with van der Waals surface area (Å²) in [7, 11) is 0. The van der Waals surface area contributed by atoms with Crippen LogP contribution in [0.2, 0.25) is 0 Å². The number of carbonyl (C=O) groups excluding carboxylic acids is 1. The number of aliphatic hydroxyl groups excluding tert-OH is 1. The third kappa shape index (κ3) is 35.0. The normalized spacial score (nSPS) is 12.4. The van der Waals surface area contributed by atoms with Crippen molar-refractivity contribution < 1.29 is 14.6 Å². The molecule has 1 atom stereocenters. The third-order valence-corrected chi connectivity index (χ3v) is 10.2. The second kappa shape index (κ2) is 38.2. The Hall–Kier alpha value is -0.610. The van der Waals surface area contributed by atoms with E-state index in [0.29, 0.717) is 12.3 Å². The molecule has 0 spiro atoms. The van der Waals surface area contributed by atoms with Gasteiger partial charge in [-0.15, -0.1) is 0 Å². The van der Waals surface area contributed by atoms with Gasteiger partial charge in [-0.3, -0.25) is 4.79 Å². The van der Waals surface area contributed by atoms with Crippen molar-refractivity contribution in [1.29, 1.82) is 0 Å². The van der Waals surface area contributed by atoms with Crippen LogP contribution in [0.3, 0.4) is 0 Å². The van der Waals surface area contributed by atoms with E-state index in [2.05, 4.69) is 32.6 Å². The molecule has 0 fully saturated rings. The number of aliphatic hydroxyl groups is 1. The Balaban J connectivity index is 4.16. The summed E-state index contributed by atoms with van der Waals surface area (Å²) in [4.78, 5) is 15.4. The monoisotopic (exact) mass is 666 g/mol. The zero-order valence-corrected chi connectivity index (χ0v) is 32.8. The van der Waals surface area contributed by atoms with Crippen LogP contribution >= 0.6 is 0 Å². The van der Waals surface area contributed by atoms with Gasteiger partial charge in [0, 0.05) is 26.1 Å². The van der Waals surface area contributed by atoms with E-state index in [1.54, 1.807) is 0 Å². The maximum absolute atomic E-state index is 12.8. The predicted molar refractivity (Wildman–Crippen MR) is 207 cm³/mol. The van der Waals surface area contributed by atoms with E-state index in [1.807, 2.05) is 0 Å². The van der Waals surface area contributed by atoms with Gasteiger partial charge in [-0.2, -0.15) is 0 Å². The number of hydrogen-bond acceptors (Lipinski definition) is 4. The molecular weight excluding hydrogens is 578 g/mol. The van der Waals surface area contributed by atoms with Gasteiger partial charge in [0.15, 0.2) is 0 Å². The average molecular weight is 666 g/mol. The molecule has 282 valence electrons. The van der Waals surface area contributed by atoms with Crippen molar-refractivity contribution in [2.45, 2.75) is 239 Å². The first-order valence-corrected chi connectivity index (χ1v) is 21.6. The van der Waals surface area contributed by atoms with Crippen molar-refractivity contribution in [2.75, 3.05) is 26.2 Å². The quantitative estimate of drug-likeness (QED) is 0.0524. The van der Waals surface area contributed by atoms with Crippen LogP contribution in [0.5, 0.6) is 0 Å². The van der Waals surface area contributed by atoms with Crippen LogP contribution in [0.25, 0.3) is 0 Å². The van der Waals surface area contributed by atoms with Crippen molar-refractivity contribution in [3.05, 3.63) is 0 Å². The Morgan fingerprint density at radius 1 is 0.511 bits per heavy atom. The highest BCUT2D eigenvalue weighted by molar-refractivity contribution is 5.69. The number of ether oxygens (including phenoxy) is 1. The Labute approximate surface area is 296 Å². The number of hydrogen-bond donors (Lipinski definition) is 1. The zero-order valence-electron chi connectivity index (χ0n) is 32.8. The maximum atomic E-state index is 12.8. The van der Waals surface area contributed by atoms with E-state index in [0.717, 1.165) is 45.2 Å². The van der Waals surface area contributed by atoms with Gasteiger partial charge in [0.05, 0.1) is 0 Å². The molecule has 47 heavy (non-hydrogen) atoms. The Kier molecular flexibility index (Phi) is 37.7. The van der Waals surface area contributed by atoms with Crippen LogP contribution in [0.15, 0.2) is 0 Å². The molecule has 4 nitrogen and oxygen atoms in total. The van der Waals surface area contributed by atoms with E-state index in [9.17, 15) is 9.90 Å². The minimum absolute atomic E-state index is 0.0394. The average Bonchev–Trinajstić information content (AvgIpc) is 3.06. The highest BCUT2D eigenvalue weighted by atomic mass is 16.5. The number of nitrogens with zero attached hydrogens (tertiary/aromatic N) is 1. The van der Waals surface area contributed by atoms with Crippen molar-refractivity contribution in [3.63, 3.8) is 0 Å². The molecule has 0 aromatic carbocycles. The second-order valence-corrected chi connectivity index (χ2v) is 15.2. The number of esters is 1. The van der Waals surface area contributed by atoms with Crippen LogP contribution in [-0.4, -0.2) is 48.3 Å². The van der Waals surface area contributed by atoms with Crippen LogP contribution in [0.1, 0.15) is 233 Å². The van der Waals surface area contributed by atoms with Crippen LogP contribution in [-0.2, 0) is 9.53 Å². The van der Waals surface area contributed by atoms with Crippen molar-refractivity contribution in [1.82, 2.24) is 4.90 Å². The molecule has 0 heterocycles. The SMILES string of the molecule is CCCCCCCCCCCCCCN(CCCO)CC(C)CCCCCC(=O)OC(CCCCCCCC)CCCCCCCC. The Morgan fingerprint density at radius 3 is 1.36 bits per heavy atom. The first kappa shape index (κ1) is 46.4. The van der Waals surface area contributed by atoms with Gasteiger partial charge >= 0.3 is 5.97 Å². The Morgan fingerprint density at radius 2 is 0.894 bits per heavy atom. The van der Waals surface area contributed by atoms with Gasteiger partial charge in [0.2, 0.25) is 0 Å². The van der Waals surface area contributed by atoms with Gasteiger partial charge in [-0.1, -0.05) is 175 Å². The minimum atomic E-state index is 0.0394. The third-order valence-electron chi connectivity index (χ3n) is 10.2. The predicted octanol–water partition coefficient (Wildman–Crippen LogP) is 13.4. The summed E-state index contributed by atoms with van der Waals surface area (Å²) in [5.41, 5.74) is 0. The molecule has 4 heteroatoms. The highest BCUT2D eigenvalue weighted by Gasteiger charge is 2.15. The molecule has 0 aliphatic carbocycles. The lowest BCUT2D eigenvalue weighted by Gasteiger charge is -2.25. The molecule has 0 aromatic rings. The molecule has 0 bridgehead atoms. The van der Waals surface area contributed by atoms with Crippen molar-refractivity contribution in [3.8, 4) is 0 Å². The molecule has 0 aromatic heterocycles. The lowest BCUT2D eigenvalue weighted by molar-refractivity contribution is -0.150. The fourth-order valence-electron chi connectivity index (χ4n) is 7.05. The molecule has 0 saturated carbocycles. The minimum Gasteiger partial charge on any atom is -0.462 e. The van der Waals surface area contributed by atoms with Gasteiger partial charge in [0.1, 0.15) is 6.10 Å². The van der Waals surface area contributed by atoms with Gasteiger partial charge in [0.25, 0.3) is 0 Å². The fourth-order valence-corrected chi connectivity index (χ4v) is 7.05. The molecule has 0 amide bonds. The maximum Gasteiger partial charge on any atom is 0.306 e. The first-order chi connectivity index (χ1) is 23.1. The molecule has 1 unspecified atom stereocenters. The van der Waals surface area contributed by atoms with Crippen molar-refractivity contribution in [2.24, 2.45) is 5.92 Å². The van der Waals surface area contributed by atoms with Gasteiger partial charge in [-0.25, -0.2) is 0 Å². The van der Waals surface area contributed by atoms with Crippen LogP contribution < -0.4 is 0 Å². The molecule has 0 radical (unpaired) electrons. The smallest absolute Gasteiger partial charge is 0.306 e. The topological polar surface area (TPSA) is 49.8 Å². The Bertz CT molecular complexity index is 596. The number of rotatable bonds is 39. The molecule has 0 rings (SSSR count). The highest BCUT2D eigenvalue weighted by Crippen LogP contribution is 2.19. The summed E-state index contributed by atoms with van der Waals surface area (Å²) < 4.78 is 6.05. The summed E-state index contributed by atoms with van der Waals surface area (Å²) in [5.74, 6) is 0.703. The molecule has 1 N–H and O–H groups in total. The molecule has 0 saturated heterocycles. The van der Waals surface area contributed by atoms with E-state index < -0.39 is 0 Å². The number of unbranched alkanes of at least 4 members (excludes halogenated alkanes) is 23. The molecule has 0 aliphatic heterocycles. The summed E-state index contributed by atoms with van der Waals surface area (Å²) in [6, 6.07) is 0. The second-order valence-electron chi connectivity index (χ2n) is 15.2. The summed E-state index contributed by atoms with van der Waals surface area (Å²) in [5, 5.41) is 9.42. The van der Waals surface area contributed by atoms with Gasteiger partial charge in [-0.05, 0) is 63.8 Å². The lowest BCUT2D eigenvalue weighted by atomic mass is 10.0. The summed E-state index contributed by atoms with van der Waals surface area (Å²) in [6.07, 6.45) is 40.5. The lowest BCUT2D eigenvalue weighted by Crippen LogP contribution is -2.31. The van der Waals surface area contributed by atoms with Crippen molar-refractivity contribution >= 4 is 5.97 Å². The van der Waals surface area contributed by atoms with Gasteiger partial charge < -0.3 is 14.7 Å². The zero-order chi connectivity index (χ0) is 34.5. The van der Waals surface area contributed by atoms with E-state index >= 15 is 0 Å². The van der Waals surface area contributed by atoms with E-state index in [-0.39, 0.29) is 18.7 Å². The molecule has 0 aliphatic rings. The standard InChI is InChI=1S/C43H87NO3/c1-5-8-11-14-17-18-19-20-21-22-25-31-37-44(38-32-39-45)40-41(4)33-27-26-30-36-43(46)47-42(34-28-23-15-12-9-6-2)35-29-24-16-13-10-7-3/h41-42,45H,5-40H2,1-4H3. The van der Waals surface area contributed by atoms with Crippen LogP contribution in [0, 0.1) is 5.92 Å². The van der Waals surface area contributed by atoms with Crippen LogP contribution in [0.4, 0.5) is 0 Å². The molecular formula is C43H87NO3. The van der Waals surface area contributed by atoms with E-state index in [4.69, 9.17) is 4.74 Å².